The molecule has 0 saturated carbocycles. The van der Waals surface area contributed by atoms with E-state index in [1.54, 1.807) is 6.92 Å². The average molecular weight is 185 g/mol. The second-order valence-electron chi connectivity index (χ2n) is 4.69. The number of rotatable bonds is 6. The van der Waals surface area contributed by atoms with Crippen LogP contribution in [0.5, 0.6) is 0 Å². The van der Waals surface area contributed by atoms with Crippen molar-refractivity contribution < 1.29 is 4.79 Å². The third kappa shape index (κ3) is 5.81. The predicted octanol–water partition coefficient (Wildman–Crippen LogP) is 2.51. The first-order chi connectivity index (χ1) is 5.89. The largest absolute Gasteiger partial charge is 0.322 e. The van der Waals surface area contributed by atoms with Crippen LogP contribution >= 0.6 is 0 Å². The number of unbranched alkanes of at least 4 members (excludes halogenated alkanes) is 1. The minimum atomic E-state index is -0.271. The summed E-state index contributed by atoms with van der Waals surface area (Å²) in [5.74, 6) is 0.101. The fourth-order valence-electron chi connectivity index (χ4n) is 1.50. The third-order valence-electron chi connectivity index (χ3n) is 2.50. The van der Waals surface area contributed by atoms with Crippen LogP contribution in [0.4, 0.5) is 0 Å². The molecule has 13 heavy (non-hydrogen) atoms. The van der Waals surface area contributed by atoms with E-state index in [0.29, 0.717) is 0 Å². The molecule has 2 nitrogen and oxygen atoms in total. The summed E-state index contributed by atoms with van der Waals surface area (Å²) in [6.07, 6.45) is 4.39. The number of ketones is 1. The molecule has 2 N–H and O–H groups in total. The SMILES string of the molecule is CCCCC(C)(C)CC(N)C(C)=O. The molecule has 0 aromatic rings. The van der Waals surface area contributed by atoms with Gasteiger partial charge in [0.1, 0.15) is 5.78 Å². The molecule has 1 unspecified atom stereocenters. The van der Waals surface area contributed by atoms with Crippen molar-refractivity contribution in [3.8, 4) is 0 Å². The molecule has 0 aromatic carbocycles. The van der Waals surface area contributed by atoms with Gasteiger partial charge in [0.25, 0.3) is 0 Å². The molecule has 0 bridgehead atoms. The van der Waals surface area contributed by atoms with Crippen molar-refractivity contribution in [2.24, 2.45) is 11.1 Å². The maximum Gasteiger partial charge on any atom is 0.146 e. The summed E-state index contributed by atoms with van der Waals surface area (Å²) in [4.78, 5) is 11.0. The van der Waals surface area contributed by atoms with Gasteiger partial charge >= 0.3 is 0 Å². The Balaban J connectivity index is 3.93. The molecule has 0 saturated heterocycles. The number of nitrogens with two attached hydrogens (primary N) is 1. The van der Waals surface area contributed by atoms with Crippen LogP contribution in [0, 0.1) is 5.41 Å². The van der Waals surface area contributed by atoms with E-state index in [4.69, 9.17) is 5.73 Å². The maximum absolute atomic E-state index is 11.0. The first-order valence-electron chi connectivity index (χ1n) is 5.15. The smallest absolute Gasteiger partial charge is 0.146 e. The fraction of sp³-hybridized carbons (Fsp3) is 0.909. The average Bonchev–Trinajstić information content (AvgIpc) is 2.00. The minimum absolute atomic E-state index is 0.101. The molecule has 0 spiro atoms. The third-order valence-corrected chi connectivity index (χ3v) is 2.50. The lowest BCUT2D eigenvalue weighted by Crippen LogP contribution is -2.33. The van der Waals surface area contributed by atoms with Gasteiger partial charge in [-0.25, -0.2) is 0 Å². The number of hydrogen-bond donors (Lipinski definition) is 1. The Morgan fingerprint density at radius 1 is 1.46 bits per heavy atom. The van der Waals surface area contributed by atoms with Gasteiger partial charge in [0, 0.05) is 0 Å². The van der Waals surface area contributed by atoms with Gasteiger partial charge in [0.15, 0.2) is 0 Å². The summed E-state index contributed by atoms with van der Waals surface area (Å²) in [5.41, 5.74) is 5.93. The molecule has 78 valence electrons. The standard InChI is InChI=1S/C11H23NO/c1-5-6-7-11(3,4)8-10(12)9(2)13/h10H,5-8,12H2,1-4H3. The van der Waals surface area contributed by atoms with E-state index in [9.17, 15) is 4.79 Å². The van der Waals surface area contributed by atoms with E-state index in [2.05, 4.69) is 20.8 Å². The highest BCUT2D eigenvalue weighted by atomic mass is 16.1. The van der Waals surface area contributed by atoms with Crippen LogP contribution in [0.2, 0.25) is 0 Å². The molecule has 0 radical (unpaired) electrons. The monoisotopic (exact) mass is 185 g/mol. The Morgan fingerprint density at radius 2 is 2.00 bits per heavy atom. The Labute approximate surface area is 81.9 Å². The molecular weight excluding hydrogens is 162 g/mol. The summed E-state index contributed by atoms with van der Waals surface area (Å²) in [6.45, 7) is 8.12. The maximum atomic E-state index is 11.0. The van der Waals surface area contributed by atoms with Crippen LogP contribution in [0.1, 0.15) is 53.4 Å². The fourth-order valence-corrected chi connectivity index (χ4v) is 1.50. The van der Waals surface area contributed by atoms with Crippen LogP contribution in [-0.2, 0) is 4.79 Å². The van der Waals surface area contributed by atoms with Crippen molar-refractivity contribution in [2.75, 3.05) is 0 Å². The first kappa shape index (κ1) is 12.6. The lowest BCUT2D eigenvalue weighted by atomic mass is 9.80. The minimum Gasteiger partial charge on any atom is -0.322 e. The van der Waals surface area contributed by atoms with E-state index in [1.165, 1.54) is 12.8 Å². The van der Waals surface area contributed by atoms with Gasteiger partial charge in [-0.3, -0.25) is 4.79 Å². The van der Waals surface area contributed by atoms with Gasteiger partial charge in [-0.05, 0) is 25.2 Å². The molecule has 2 heteroatoms. The van der Waals surface area contributed by atoms with Crippen molar-refractivity contribution in [2.45, 2.75) is 59.4 Å². The van der Waals surface area contributed by atoms with E-state index in [-0.39, 0.29) is 17.2 Å². The second-order valence-corrected chi connectivity index (χ2v) is 4.69. The highest BCUT2D eigenvalue weighted by Gasteiger charge is 2.22. The van der Waals surface area contributed by atoms with Gasteiger partial charge in [-0.2, -0.15) is 0 Å². The van der Waals surface area contributed by atoms with Gasteiger partial charge in [-0.15, -0.1) is 0 Å². The molecule has 0 heterocycles. The lowest BCUT2D eigenvalue weighted by Gasteiger charge is -2.26. The van der Waals surface area contributed by atoms with E-state index < -0.39 is 0 Å². The van der Waals surface area contributed by atoms with Crippen molar-refractivity contribution in [3.63, 3.8) is 0 Å². The highest BCUT2D eigenvalue weighted by molar-refractivity contribution is 5.81. The van der Waals surface area contributed by atoms with Gasteiger partial charge in [0.05, 0.1) is 6.04 Å². The Hall–Kier alpha value is -0.370. The molecule has 0 amide bonds. The van der Waals surface area contributed by atoms with Gasteiger partial charge in [0.2, 0.25) is 0 Å². The number of carbonyl (C=O) groups is 1. The van der Waals surface area contributed by atoms with Crippen LogP contribution in [0.3, 0.4) is 0 Å². The Kier molecular flexibility index (Phi) is 5.23. The van der Waals surface area contributed by atoms with Crippen molar-refractivity contribution in [3.05, 3.63) is 0 Å². The molecule has 0 aromatic heterocycles. The zero-order valence-corrected chi connectivity index (χ0v) is 9.39. The van der Waals surface area contributed by atoms with Crippen LogP contribution in [-0.4, -0.2) is 11.8 Å². The van der Waals surface area contributed by atoms with Crippen LogP contribution in [0.15, 0.2) is 0 Å². The summed E-state index contributed by atoms with van der Waals surface area (Å²) in [7, 11) is 0. The lowest BCUT2D eigenvalue weighted by molar-refractivity contribution is -0.118. The summed E-state index contributed by atoms with van der Waals surface area (Å²) in [6, 6.07) is -0.271. The highest BCUT2D eigenvalue weighted by Crippen LogP contribution is 2.28. The van der Waals surface area contributed by atoms with E-state index >= 15 is 0 Å². The topological polar surface area (TPSA) is 43.1 Å². The van der Waals surface area contributed by atoms with Crippen molar-refractivity contribution in [1.82, 2.24) is 0 Å². The summed E-state index contributed by atoms with van der Waals surface area (Å²) < 4.78 is 0. The second kappa shape index (κ2) is 5.38. The molecule has 0 aliphatic carbocycles. The molecule has 0 rings (SSSR count). The van der Waals surface area contributed by atoms with Gasteiger partial charge in [-0.1, -0.05) is 33.6 Å². The quantitative estimate of drug-likeness (QED) is 0.691. The molecule has 0 fully saturated rings. The Bertz CT molecular complexity index is 163. The molecular formula is C11H23NO. The van der Waals surface area contributed by atoms with Crippen LogP contribution in [0.25, 0.3) is 0 Å². The number of hydrogen-bond acceptors (Lipinski definition) is 2. The molecule has 1 atom stereocenters. The zero-order valence-electron chi connectivity index (χ0n) is 9.39. The van der Waals surface area contributed by atoms with Gasteiger partial charge < -0.3 is 5.73 Å². The first-order valence-corrected chi connectivity index (χ1v) is 5.15. The van der Waals surface area contributed by atoms with Crippen molar-refractivity contribution >= 4 is 5.78 Å². The normalized spacial score (nSPS) is 14.2. The molecule has 0 aliphatic heterocycles. The zero-order chi connectivity index (χ0) is 10.5. The van der Waals surface area contributed by atoms with Crippen molar-refractivity contribution in [1.29, 1.82) is 0 Å². The number of Topliss-reactive ketones (excluding diaryl/α,β-unsaturated/α-hetero) is 1. The summed E-state index contributed by atoms with van der Waals surface area (Å²) in [5, 5.41) is 0. The summed E-state index contributed by atoms with van der Waals surface area (Å²) >= 11 is 0. The van der Waals surface area contributed by atoms with E-state index in [0.717, 1.165) is 12.8 Å². The predicted molar refractivity (Wildman–Crippen MR) is 56.6 cm³/mol. The number of carbonyl (C=O) groups excluding carboxylic acids is 1. The van der Waals surface area contributed by atoms with Crippen LogP contribution < -0.4 is 5.73 Å². The Morgan fingerprint density at radius 3 is 2.38 bits per heavy atom. The van der Waals surface area contributed by atoms with E-state index in [1.807, 2.05) is 0 Å². The molecule has 0 aliphatic rings.